The fraction of sp³-hybridized carbons (Fsp3) is 0.364. The number of nitrogen functional groups attached to an aromatic ring is 1. The Kier molecular flexibility index (Phi) is 4.25. The zero-order valence-corrected chi connectivity index (χ0v) is 9.99. The van der Waals surface area contributed by atoms with Crippen molar-refractivity contribution in [2.75, 3.05) is 12.3 Å². The molecular formula is C11H13F3N2O3. The summed E-state index contributed by atoms with van der Waals surface area (Å²) in [5.41, 5.74) is 9.32. The van der Waals surface area contributed by atoms with Gasteiger partial charge in [-0.1, -0.05) is 0 Å². The average molecular weight is 278 g/mol. The molecule has 1 atom stereocenters. The van der Waals surface area contributed by atoms with Gasteiger partial charge in [0.25, 0.3) is 0 Å². The predicted molar refractivity (Wildman–Crippen MR) is 61.0 cm³/mol. The van der Waals surface area contributed by atoms with Gasteiger partial charge in [0.15, 0.2) is 0 Å². The number of rotatable bonds is 4. The smallest absolute Gasteiger partial charge is 0.379 e. The molecule has 0 amide bonds. The molecule has 106 valence electrons. The van der Waals surface area contributed by atoms with E-state index in [1.54, 1.807) is 0 Å². The van der Waals surface area contributed by atoms with Crippen molar-refractivity contribution in [1.82, 2.24) is 0 Å². The lowest BCUT2D eigenvalue weighted by Crippen LogP contribution is -2.41. The number of anilines is 1. The number of esters is 1. The lowest BCUT2D eigenvalue weighted by atomic mass is 9.99. The van der Waals surface area contributed by atoms with E-state index in [4.69, 9.17) is 11.5 Å². The molecule has 0 radical (unpaired) electrons. The molecule has 5 nitrogen and oxygen atoms in total. The number of carbonyl (C=O) groups is 1. The van der Waals surface area contributed by atoms with Gasteiger partial charge < -0.3 is 21.3 Å². The van der Waals surface area contributed by atoms with Crippen LogP contribution in [0.2, 0.25) is 0 Å². The van der Waals surface area contributed by atoms with Crippen LogP contribution in [-0.4, -0.2) is 23.6 Å². The number of phenols is 1. The molecule has 0 aliphatic carbocycles. The van der Waals surface area contributed by atoms with Gasteiger partial charge in [-0.2, -0.15) is 8.78 Å². The molecule has 1 rings (SSSR count). The summed E-state index contributed by atoms with van der Waals surface area (Å²) in [5.74, 6) is -7.73. The van der Waals surface area contributed by atoms with Crippen LogP contribution in [0.15, 0.2) is 12.1 Å². The molecule has 0 bridgehead atoms. The lowest BCUT2D eigenvalue weighted by molar-refractivity contribution is -0.174. The lowest BCUT2D eigenvalue weighted by Gasteiger charge is -2.23. The Morgan fingerprint density at radius 1 is 1.53 bits per heavy atom. The number of phenolic OH excluding ortho intramolecular Hbond substituents is 1. The number of aromatic hydroxyl groups is 1. The molecule has 0 aliphatic heterocycles. The normalized spacial score (nSPS) is 13.1. The third-order valence-electron chi connectivity index (χ3n) is 2.41. The third kappa shape index (κ3) is 2.90. The van der Waals surface area contributed by atoms with E-state index in [0.717, 1.165) is 6.07 Å². The predicted octanol–water partition coefficient (Wildman–Crippen LogP) is 1.31. The maximum atomic E-state index is 13.7. The Morgan fingerprint density at radius 3 is 2.63 bits per heavy atom. The summed E-state index contributed by atoms with van der Waals surface area (Å²) in [5, 5.41) is 9.51. The molecule has 1 aromatic rings. The zero-order valence-electron chi connectivity index (χ0n) is 9.99. The molecule has 0 fully saturated rings. The Labute approximate surface area is 107 Å². The Morgan fingerprint density at radius 2 is 2.11 bits per heavy atom. The molecule has 19 heavy (non-hydrogen) atoms. The van der Waals surface area contributed by atoms with Crippen LogP contribution >= 0.6 is 0 Å². The average Bonchev–Trinajstić information content (AvgIpc) is 2.33. The van der Waals surface area contributed by atoms with E-state index in [1.807, 2.05) is 0 Å². The maximum absolute atomic E-state index is 13.7. The number of carbonyl (C=O) groups excluding carboxylic acids is 1. The zero-order chi connectivity index (χ0) is 14.8. The summed E-state index contributed by atoms with van der Waals surface area (Å²) >= 11 is 0. The highest BCUT2D eigenvalue weighted by atomic mass is 19.3. The van der Waals surface area contributed by atoms with Crippen LogP contribution in [0.25, 0.3) is 0 Å². The van der Waals surface area contributed by atoms with Crippen molar-refractivity contribution in [2.24, 2.45) is 5.73 Å². The van der Waals surface area contributed by atoms with Gasteiger partial charge in [0.1, 0.15) is 17.6 Å². The summed E-state index contributed by atoms with van der Waals surface area (Å²) in [6, 6.07) is -0.943. The molecular weight excluding hydrogens is 265 g/mol. The molecule has 1 aromatic carbocycles. The molecule has 0 heterocycles. The van der Waals surface area contributed by atoms with E-state index < -0.39 is 40.8 Å². The van der Waals surface area contributed by atoms with Gasteiger partial charge in [0.2, 0.25) is 0 Å². The summed E-state index contributed by atoms with van der Waals surface area (Å²) in [6.07, 6.45) is 0. The Bertz CT molecular complexity index is 494. The van der Waals surface area contributed by atoms with Crippen molar-refractivity contribution < 1.29 is 27.8 Å². The fourth-order valence-electron chi connectivity index (χ4n) is 1.43. The number of hydrogen-bond donors (Lipinski definition) is 3. The van der Waals surface area contributed by atoms with E-state index in [9.17, 15) is 23.1 Å². The highest BCUT2D eigenvalue weighted by Gasteiger charge is 2.48. The van der Waals surface area contributed by atoms with Crippen molar-refractivity contribution in [1.29, 1.82) is 0 Å². The summed E-state index contributed by atoms with van der Waals surface area (Å²) in [4.78, 5) is 11.1. The van der Waals surface area contributed by atoms with Gasteiger partial charge in [0, 0.05) is 11.6 Å². The van der Waals surface area contributed by atoms with Crippen molar-refractivity contribution in [3.63, 3.8) is 0 Å². The second kappa shape index (κ2) is 5.35. The third-order valence-corrected chi connectivity index (χ3v) is 2.41. The van der Waals surface area contributed by atoms with E-state index in [0.29, 0.717) is 6.07 Å². The standard InChI is InChI=1S/C11H13F3N2O3/c1-2-19-10(18)11(13,14)9(16)6-3-5(12)4-7(15)8(6)17/h3-4,9,17H,2,15-16H2,1H3/t9-/m1/s1. The van der Waals surface area contributed by atoms with E-state index in [2.05, 4.69) is 4.74 Å². The van der Waals surface area contributed by atoms with Crippen LogP contribution in [0.3, 0.4) is 0 Å². The number of halogens is 3. The van der Waals surface area contributed by atoms with E-state index in [1.165, 1.54) is 6.92 Å². The largest absolute Gasteiger partial charge is 0.505 e. The first kappa shape index (κ1) is 15.1. The number of hydrogen-bond acceptors (Lipinski definition) is 5. The SMILES string of the molecule is CCOC(=O)C(F)(F)[C@H](N)c1cc(F)cc(N)c1O. The first-order chi connectivity index (χ1) is 8.71. The van der Waals surface area contributed by atoms with Crippen LogP contribution in [0.1, 0.15) is 18.5 Å². The number of nitrogens with two attached hydrogens (primary N) is 2. The molecule has 5 N–H and O–H groups in total. The number of ether oxygens (including phenoxy) is 1. The second-order valence-corrected chi connectivity index (χ2v) is 3.75. The monoisotopic (exact) mass is 278 g/mol. The molecule has 0 unspecified atom stereocenters. The summed E-state index contributed by atoms with van der Waals surface area (Å²) < 4.78 is 44.6. The Hall–Kier alpha value is -1.96. The minimum Gasteiger partial charge on any atom is -0.505 e. The van der Waals surface area contributed by atoms with Crippen molar-refractivity contribution >= 4 is 11.7 Å². The van der Waals surface area contributed by atoms with Gasteiger partial charge in [0.05, 0.1) is 12.3 Å². The van der Waals surface area contributed by atoms with Crippen molar-refractivity contribution in [2.45, 2.75) is 18.9 Å². The van der Waals surface area contributed by atoms with Gasteiger partial charge in [-0.3, -0.25) is 0 Å². The summed E-state index contributed by atoms with van der Waals surface area (Å²) in [6.45, 7) is 1.08. The van der Waals surface area contributed by atoms with Crippen LogP contribution in [0, 0.1) is 5.82 Å². The maximum Gasteiger partial charge on any atom is 0.379 e. The van der Waals surface area contributed by atoms with Crippen LogP contribution in [0.4, 0.5) is 18.9 Å². The van der Waals surface area contributed by atoms with Crippen molar-refractivity contribution in [3.8, 4) is 5.75 Å². The highest BCUT2D eigenvalue weighted by molar-refractivity contribution is 5.79. The van der Waals surface area contributed by atoms with Crippen molar-refractivity contribution in [3.05, 3.63) is 23.5 Å². The van der Waals surface area contributed by atoms with Gasteiger partial charge in [-0.05, 0) is 13.0 Å². The highest BCUT2D eigenvalue weighted by Crippen LogP contribution is 2.38. The molecule has 8 heteroatoms. The molecule has 0 spiro atoms. The number of alkyl halides is 2. The molecule has 0 saturated carbocycles. The number of benzene rings is 1. The van der Waals surface area contributed by atoms with Gasteiger partial charge in [-0.25, -0.2) is 9.18 Å². The first-order valence-corrected chi connectivity index (χ1v) is 5.30. The van der Waals surface area contributed by atoms with Gasteiger partial charge in [-0.15, -0.1) is 0 Å². The molecule has 0 saturated heterocycles. The van der Waals surface area contributed by atoms with E-state index in [-0.39, 0.29) is 6.61 Å². The topological polar surface area (TPSA) is 98.6 Å². The molecule has 0 aliphatic rings. The fourth-order valence-corrected chi connectivity index (χ4v) is 1.43. The van der Waals surface area contributed by atoms with Crippen LogP contribution in [-0.2, 0) is 9.53 Å². The van der Waals surface area contributed by atoms with Crippen LogP contribution in [0.5, 0.6) is 5.75 Å². The molecule has 0 aromatic heterocycles. The van der Waals surface area contributed by atoms with Gasteiger partial charge >= 0.3 is 11.9 Å². The van der Waals surface area contributed by atoms with E-state index >= 15 is 0 Å². The minimum absolute atomic E-state index is 0.265. The van der Waals surface area contributed by atoms with Crippen LogP contribution < -0.4 is 11.5 Å². The summed E-state index contributed by atoms with van der Waals surface area (Å²) in [7, 11) is 0. The Balaban J connectivity index is 3.19. The second-order valence-electron chi connectivity index (χ2n) is 3.75. The quantitative estimate of drug-likeness (QED) is 0.438. The minimum atomic E-state index is -4.12. The first-order valence-electron chi connectivity index (χ1n) is 5.30.